The summed E-state index contributed by atoms with van der Waals surface area (Å²) in [4.78, 5) is 29.0. The summed E-state index contributed by atoms with van der Waals surface area (Å²) in [5.41, 5.74) is 0.0995. The molecule has 0 N–H and O–H groups in total. The number of urea groups is 1. The van der Waals surface area contributed by atoms with Crippen molar-refractivity contribution in [2.45, 2.75) is 25.7 Å². The van der Waals surface area contributed by atoms with Crippen molar-refractivity contribution in [3.05, 3.63) is 70.6 Å². The molecule has 0 aliphatic carbocycles. The lowest BCUT2D eigenvalue weighted by Crippen LogP contribution is -2.62. The van der Waals surface area contributed by atoms with Gasteiger partial charge in [-0.3, -0.25) is 4.79 Å². The summed E-state index contributed by atoms with van der Waals surface area (Å²) in [5, 5.41) is 14.2. The van der Waals surface area contributed by atoms with Gasteiger partial charge in [-0.1, -0.05) is 12.1 Å². The Hall–Kier alpha value is -4.38. The van der Waals surface area contributed by atoms with E-state index in [4.69, 9.17) is 13.9 Å². The van der Waals surface area contributed by atoms with E-state index in [1.807, 2.05) is 6.07 Å². The Morgan fingerprint density at radius 2 is 1.88 bits per heavy atom. The lowest BCUT2D eigenvalue weighted by Gasteiger charge is -2.49. The van der Waals surface area contributed by atoms with Gasteiger partial charge < -0.3 is 23.7 Å². The number of aromatic nitrogens is 2. The molecule has 2 unspecified atom stereocenters. The van der Waals surface area contributed by atoms with Crippen LogP contribution in [0.15, 0.2) is 41.2 Å². The molecule has 2 aliphatic heterocycles. The Morgan fingerprint density at radius 1 is 1.18 bits per heavy atom. The molecule has 5 rings (SSSR count). The highest BCUT2D eigenvalue weighted by Gasteiger charge is 2.59. The van der Waals surface area contributed by atoms with Gasteiger partial charge >= 0.3 is 12.2 Å². The number of halogens is 4. The van der Waals surface area contributed by atoms with Crippen LogP contribution in [-0.4, -0.2) is 70.5 Å². The number of amides is 2. The molecule has 3 aromatic rings. The summed E-state index contributed by atoms with van der Waals surface area (Å²) in [7, 11) is 0. The van der Waals surface area contributed by atoms with Crippen molar-refractivity contribution >= 4 is 11.9 Å². The molecule has 2 atom stereocenters. The molecule has 14 heteroatoms. The Balaban J connectivity index is 1.58. The molecule has 2 amide bonds. The molecule has 2 aromatic heterocycles. The third-order valence-corrected chi connectivity index (χ3v) is 6.89. The maximum Gasteiger partial charge on any atom is 0.395 e. The van der Waals surface area contributed by atoms with E-state index in [1.54, 1.807) is 6.92 Å². The second-order valence-corrected chi connectivity index (χ2v) is 9.41. The van der Waals surface area contributed by atoms with Crippen molar-refractivity contribution in [1.29, 1.82) is 5.26 Å². The van der Waals surface area contributed by atoms with Crippen LogP contribution in [-0.2, 0) is 11.3 Å². The van der Waals surface area contributed by atoms with Crippen LogP contribution in [0.2, 0.25) is 0 Å². The number of ether oxygens (including phenoxy) is 2. The number of nitrogens with zero attached hydrogens (tertiary/aromatic N) is 5. The fourth-order valence-electron chi connectivity index (χ4n) is 4.69. The quantitative estimate of drug-likeness (QED) is 0.432. The number of hydrogen-bond acceptors (Lipinski definition) is 7. The van der Waals surface area contributed by atoms with Gasteiger partial charge in [-0.15, -0.1) is 0 Å². The van der Waals surface area contributed by atoms with Crippen molar-refractivity contribution in [2.75, 3.05) is 32.8 Å². The maximum atomic E-state index is 14.1. The van der Waals surface area contributed by atoms with E-state index < -0.39 is 59.6 Å². The first-order valence-corrected chi connectivity index (χ1v) is 12.3. The maximum absolute atomic E-state index is 14.1. The van der Waals surface area contributed by atoms with Gasteiger partial charge in [0.2, 0.25) is 5.88 Å². The molecule has 1 aromatic carbocycles. The van der Waals surface area contributed by atoms with Crippen molar-refractivity contribution in [3.63, 3.8) is 0 Å². The van der Waals surface area contributed by atoms with Crippen LogP contribution in [0.3, 0.4) is 0 Å². The summed E-state index contributed by atoms with van der Waals surface area (Å²) in [6, 6.07) is 4.70. The molecule has 210 valence electrons. The SMILES string of the molecule is Cc1cocc1C(=O)n1nc(C2C(C(F)(F)F)CN2C(=O)N2CCOCC2)c(C#N)c1OCc1ccc(F)cc1. The number of carbonyl (C=O) groups is 2. The molecule has 0 radical (unpaired) electrons. The zero-order valence-electron chi connectivity index (χ0n) is 21.2. The number of morpholine rings is 1. The number of rotatable bonds is 5. The van der Waals surface area contributed by atoms with Crippen LogP contribution >= 0.6 is 0 Å². The lowest BCUT2D eigenvalue weighted by molar-refractivity contribution is -0.225. The van der Waals surface area contributed by atoms with Gasteiger partial charge in [0, 0.05) is 25.2 Å². The summed E-state index contributed by atoms with van der Waals surface area (Å²) in [6.07, 6.45) is -2.27. The Kier molecular flexibility index (Phi) is 7.24. The summed E-state index contributed by atoms with van der Waals surface area (Å²) in [6.45, 7) is 1.57. The van der Waals surface area contributed by atoms with Crippen molar-refractivity contribution < 1.29 is 41.0 Å². The van der Waals surface area contributed by atoms with Crippen LogP contribution in [0.25, 0.3) is 0 Å². The molecular formula is C26H23F4N5O5. The largest absolute Gasteiger partial charge is 0.472 e. The van der Waals surface area contributed by atoms with Gasteiger partial charge in [-0.25, -0.2) is 9.18 Å². The average Bonchev–Trinajstić information content (AvgIpc) is 3.50. The molecule has 0 spiro atoms. The van der Waals surface area contributed by atoms with Crippen LogP contribution in [0.1, 0.15) is 38.8 Å². The van der Waals surface area contributed by atoms with Gasteiger partial charge in [-0.2, -0.15) is 28.2 Å². The van der Waals surface area contributed by atoms with Crippen LogP contribution in [0.5, 0.6) is 5.88 Å². The van der Waals surface area contributed by atoms with Crippen molar-refractivity contribution in [1.82, 2.24) is 19.6 Å². The van der Waals surface area contributed by atoms with E-state index in [0.717, 1.165) is 11.2 Å². The Morgan fingerprint density at radius 3 is 2.48 bits per heavy atom. The van der Waals surface area contributed by atoms with E-state index in [9.17, 15) is 32.4 Å². The molecule has 10 nitrogen and oxygen atoms in total. The number of aryl methyl sites for hydroxylation is 1. The van der Waals surface area contributed by atoms with E-state index in [-0.39, 0.29) is 38.5 Å². The van der Waals surface area contributed by atoms with Crippen LogP contribution in [0, 0.1) is 30.0 Å². The first-order valence-electron chi connectivity index (χ1n) is 12.3. The molecule has 40 heavy (non-hydrogen) atoms. The number of hydrogen-bond donors (Lipinski definition) is 0. The molecule has 2 fully saturated rings. The molecule has 0 saturated carbocycles. The van der Waals surface area contributed by atoms with Gasteiger partial charge in [0.1, 0.15) is 36.0 Å². The first-order chi connectivity index (χ1) is 19.1. The minimum Gasteiger partial charge on any atom is -0.472 e. The fraction of sp³-hybridized carbons (Fsp3) is 0.385. The molecular weight excluding hydrogens is 538 g/mol. The lowest BCUT2D eigenvalue weighted by atomic mass is 9.84. The smallest absolute Gasteiger partial charge is 0.395 e. The zero-order chi connectivity index (χ0) is 28.6. The second-order valence-electron chi connectivity index (χ2n) is 9.41. The van der Waals surface area contributed by atoms with E-state index in [1.165, 1.54) is 35.4 Å². The van der Waals surface area contributed by atoms with Gasteiger partial charge in [0.15, 0.2) is 0 Å². The molecule has 0 bridgehead atoms. The minimum atomic E-state index is -4.72. The predicted octanol–water partition coefficient (Wildman–Crippen LogP) is 4.05. The monoisotopic (exact) mass is 561 g/mol. The van der Waals surface area contributed by atoms with Crippen LogP contribution in [0.4, 0.5) is 22.4 Å². The number of nitriles is 1. The Labute approximate surface area is 225 Å². The number of furan rings is 1. The third-order valence-electron chi connectivity index (χ3n) is 6.89. The van der Waals surface area contributed by atoms with E-state index in [0.29, 0.717) is 15.8 Å². The number of carbonyl (C=O) groups excluding carboxylic acids is 2. The van der Waals surface area contributed by atoms with Gasteiger partial charge in [0.05, 0.1) is 37.0 Å². The molecule has 2 saturated heterocycles. The number of alkyl halides is 3. The average molecular weight is 561 g/mol. The normalized spacial score (nSPS) is 19.2. The fourth-order valence-corrected chi connectivity index (χ4v) is 4.69. The first kappa shape index (κ1) is 27.2. The zero-order valence-corrected chi connectivity index (χ0v) is 21.2. The predicted molar refractivity (Wildman–Crippen MR) is 128 cm³/mol. The van der Waals surface area contributed by atoms with E-state index >= 15 is 0 Å². The topological polar surface area (TPSA) is 114 Å². The summed E-state index contributed by atoms with van der Waals surface area (Å²) >= 11 is 0. The minimum absolute atomic E-state index is 0.0485. The highest BCUT2D eigenvalue weighted by molar-refractivity contribution is 5.97. The second kappa shape index (κ2) is 10.6. The third kappa shape index (κ3) is 5.00. The molecule has 4 heterocycles. The summed E-state index contributed by atoms with van der Waals surface area (Å²) < 4.78 is 72.3. The molecule has 2 aliphatic rings. The Bertz CT molecular complexity index is 1450. The highest BCUT2D eigenvalue weighted by atomic mass is 19.4. The standard InChI is InChI=1S/C26H23F4N5O5/c1-15-12-39-14-19(15)23(36)35-24(40-13-16-2-4-17(27)5-3-16)18(10-31)21(32-35)22-20(26(28,29)30)11-34(22)25(37)33-6-8-38-9-7-33/h2-5,12,14,20,22H,6-9,11,13H2,1H3. The van der Waals surface area contributed by atoms with Crippen LogP contribution < -0.4 is 4.74 Å². The highest BCUT2D eigenvalue weighted by Crippen LogP contribution is 2.49. The van der Waals surface area contributed by atoms with E-state index in [2.05, 4.69) is 5.10 Å². The van der Waals surface area contributed by atoms with Gasteiger partial charge in [0.25, 0.3) is 5.91 Å². The van der Waals surface area contributed by atoms with Gasteiger partial charge in [-0.05, 0) is 24.6 Å². The van der Waals surface area contributed by atoms with Crippen molar-refractivity contribution in [3.8, 4) is 11.9 Å². The number of likely N-dealkylation sites (tertiary alicyclic amines) is 1. The van der Waals surface area contributed by atoms with Crippen molar-refractivity contribution in [2.24, 2.45) is 5.92 Å². The number of benzene rings is 1. The summed E-state index contributed by atoms with van der Waals surface area (Å²) in [5.74, 6) is -3.73.